The fourth-order valence-corrected chi connectivity index (χ4v) is 2.20. The number of hydrogen-bond acceptors (Lipinski definition) is 3. The third kappa shape index (κ3) is 4.72. The molecule has 0 aliphatic carbocycles. The van der Waals surface area contributed by atoms with Crippen molar-refractivity contribution in [3.8, 4) is 0 Å². The van der Waals surface area contributed by atoms with Crippen molar-refractivity contribution >= 4 is 17.6 Å². The number of halogens is 3. The minimum absolute atomic E-state index is 0.0144. The number of nitrogens with two attached hydrogens (primary N) is 1. The van der Waals surface area contributed by atoms with Crippen LogP contribution in [0.15, 0.2) is 18.2 Å². The highest BCUT2D eigenvalue weighted by Gasteiger charge is 2.23. The van der Waals surface area contributed by atoms with Gasteiger partial charge in [-0.05, 0) is 25.1 Å². The second-order valence-electron chi connectivity index (χ2n) is 4.46. The molecule has 0 radical (unpaired) electrons. The Morgan fingerprint density at radius 2 is 2.20 bits per heavy atom. The summed E-state index contributed by atoms with van der Waals surface area (Å²) in [6, 6.07) is 4.22. The summed E-state index contributed by atoms with van der Waals surface area (Å²) in [5.41, 5.74) is 5.72. The maximum atomic E-state index is 13.8. The van der Waals surface area contributed by atoms with Crippen molar-refractivity contribution < 1.29 is 18.3 Å². The molecule has 1 rings (SSSR count). The van der Waals surface area contributed by atoms with Crippen LogP contribution in [0.2, 0.25) is 5.02 Å². The standard InChI is InChI=1S/C14H18ClF2NO2/c1-2-4-12(17)20-13(19)7-9(8-18)14-10(15)5-3-6-11(14)16/h3,5-6,9,12H,2,4,7-8,18H2,1H3. The van der Waals surface area contributed by atoms with Crippen molar-refractivity contribution in [2.75, 3.05) is 6.54 Å². The van der Waals surface area contributed by atoms with Gasteiger partial charge in [-0.2, -0.15) is 0 Å². The zero-order valence-electron chi connectivity index (χ0n) is 11.2. The van der Waals surface area contributed by atoms with E-state index in [1.807, 2.05) is 0 Å². The summed E-state index contributed by atoms with van der Waals surface area (Å²) in [6.45, 7) is 1.79. The van der Waals surface area contributed by atoms with Crippen LogP contribution in [0.1, 0.15) is 37.7 Å². The third-order valence-corrected chi connectivity index (χ3v) is 3.21. The van der Waals surface area contributed by atoms with Gasteiger partial charge in [0.15, 0.2) is 0 Å². The van der Waals surface area contributed by atoms with Crippen LogP contribution in [0.25, 0.3) is 0 Å². The minimum atomic E-state index is -1.64. The molecule has 2 atom stereocenters. The lowest BCUT2D eigenvalue weighted by Crippen LogP contribution is -2.21. The van der Waals surface area contributed by atoms with Crippen molar-refractivity contribution in [3.05, 3.63) is 34.6 Å². The molecule has 0 heterocycles. The lowest BCUT2D eigenvalue weighted by molar-refractivity contribution is -0.158. The fourth-order valence-electron chi connectivity index (χ4n) is 1.88. The number of ether oxygens (including phenoxy) is 1. The first-order valence-corrected chi connectivity index (χ1v) is 6.84. The Kier molecular flexibility index (Phi) is 6.88. The van der Waals surface area contributed by atoms with Gasteiger partial charge >= 0.3 is 5.97 Å². The van der Waals surface area contributed by atoms with E-state index in [-0.39, 0.29) is 30.0 Å². The molecule has 2 N–H and O–H groups in total. The summed E-state index contributed by atoms with van der Waals surface area (Å²) in [4.78, 5) is 11.6. The molecule has 0 aromatic heterocycles. The van der Waals surface area contributed by atoms with Gasteiger partial charge < -0.3 is 10.5 Å². The van der Waals surface area contributed by atoms with E-state index in [2.05, 4.69) is 4.74 Å². The first-order chi connectivity index (χ1) is 9.49. The highest BCUT2D eigenvalue weighted by atomic mass is 35.5. The van der Waals surface area contributed by atoms with Gasteiger partial charge in [-0.1, -0.05) is 24.6 Å². The van der Waals surface area contributed by atoms with Crippen LogP contribution >= 0.6 is 11.6 Å². The van der Waals surface area contributed by atoms with Crippen molar-refractivity contribution in [2.24, 2.45) is 5.73 Å². The van der Waals surface area contributed by atoms with Crippen LogP contribution in [-0.2, 0) is 9.53 Å². The number of benzene rings is 1. The molecule has 0 aliphatic rings. The summed E-state index contributed by atoms with van der Waals surface area (Å²) in [7, 11) is 0. The Morgan fingerprint density at radius 3 is 2.75 bits per heavy atom. The highest BCUT2D eigenvalue weighted by molar-refractivity contribution is 6.31. The van der Waals surface area contributed by atoms with Gasteiger partial charge in [0.05, 0.1) is 6.42 Å². The molecule has 6 heteroatoms. The average Bonchev–Trinajstić information content (AvgIpc) is 2.37. The molecular formula is C14H18ClF2NO2. The minimum Gasteiger partial charge on any atom is -0.431 e. The number of esters is 1. The number of alkyl halides is 1. The molecule has 0 spiro atoms. The van der Waals surface area contributed by atoms with E-state index >= 15 is 0 Å². The van der Waals surface area contributed by atoms with Gasteiger partial charge in [-0.25, -0.2) is 8.78 Å². The van der Waals surface area contributed by atoms with Crippen LogP contribution in [0.3, 0.4) is 0 Å². The SMILES string of the molecule is CCCC(F)OC(=O)CC(CN)c1c(F)cccc1Cl. The lowest BCUT2D eigenvalue weighted by atomic mass is 9.95. The van der Waals surface area contributed by atoms with Crippen molar-refractivity contribution in [3.63, 3.8) is 0 Å². The normalized spacial score (nSPS) is 13.8. The Hall–Kier alpha value is -1.20. The van der Waals surface area contributed by atoms with E-state index in [4.69, 9.17) is 17.3 Å². The van der Waals surface area contributed by atoms with Gasteiger partial charge in [0, 0.05) is 22.9 Å². The zero-order chi connectivity index (χ0) is 15.1. The lowest BCUT2D eigenvalue weighted by Gasteiger charge is -2.17. The van der Waals surface area contributed by atoms with Gasteiger partial charge in [0.25, 0.3) is 0 Å². The van der Waals surface area contributed by atoms with Gasteiger partial charge in [-0.15, -0.1) is 0 Å². The molecule has 0 fully saturated rings. The Morgan fingerprint density at radius 1 is 1.50 bits per heavy atom. The summed E-state index contributed by atoms with van der Waals surface area (Å²) in [6.07, 6.45) is -1.14. The van der Waals surface area contributed by atoms with E-state index in [1.165, 1.54) is 18.2 Å². The maximum absolute atomic E-state index is 13.8. The number of carbonyl (C=O) groups excluding carboxylic acids is 1. The molecule has 3 nitrogen and oxygen atoms in total. The second-order valence-corrected chi connectivity index (χ2v) is 4.87. The van der Waals surface area contributed by atoms with Crippen LogP contribution in [0.5, 0.6) is 0 Å². The number of rotatable bonds is 7. The predicted octanol–water partition coefficient (Wildman–Crippen LogP) is 3.55. The van der Waals surface area contributed by atoms with Crippen molar-refractivity contribution in [1.29, 1.82) is 0 Å². The Bertz CT molecular complexity index is 437. The molecular weight excluding hydrogens is 288 g/mol. The first kappa shape index (κ1) is 16.9. The van der Waals surface area contributed by atoms with Crippen LogP contribution in [0.4, 0.5) is 8.78 Å². The predicted molar refractivity (Wildman–Crippen MR) is 73.7 cm³/mol. The van der Waals surface area contributed by atoms with Gasteiger partial charge in [0.1, 0.15) is 5.82 Å². The van der Waals surface area contributed by atoms with Crippen LogP contribution in [0, 0.1) is 5.82 Å². The molecule has 1 aromatic rings. The van der Waals surface area contributed by atoms with Crippen LogP contribution < -0.4 is 5.73 Å². The molecule has 20 heavy (non-hydrogen) atoms. The van der Waals surface area contributed by atoms with E-state index in [0.717, 1.165) is 0 Å². The first-order valence-electron chi connectivity index (χ1n) is 6.47. The quantitative estimate of drug-likeness (QED) is 0.784. The third-order valence-electron chi connectivity index (χ3n) is 2.88. The Labute approximate surface area is 122 Å². The molecule has 0 saturated heterocycles. The van der Waals surface area contributed by atoms with Crippen molar-refractivity contribution in [2.45, 2.75) is 38.5 Å². The molecule has 0 aliphatic heterocycles. The smallest absolute Gasteiger partial charge is 0.308 e. The largest absolute Gasteiger partial charge is 0.431 e. The zero-order valence-corrected chi connectivity index (χ0v) is 12.0. The average molecular weight is 306 g/mol. The monoisotopic (exact) mass is 305 g/mol. The number of hydrogen-bond donors (Lipinski definition) is 1. The summed E-state index contributed by atoms with van der Waals surface area (Å²) in [5.74, 6) is -1.92. The van der Waals surface area contributed by atoms with Gasteiger partial charge in [0.2, 0.25) is 6.36 Å². The highest BCUT2D eigenvalue weighted by Crippen LogP contribution is 2.29. The second kappa shape index (κ2) is 8.17. The van der Waals surface area contributed by atoms with Crippen LogP contribution in [-0.4, -0.2) is 18.9 Å². The van der Waals surface area contributed by atoms with E-state index in [9.17, 15) is 13.6 Å². The molecule has 0 amide bonds. The van der Waals surface area contributed by atoms with Crippen molar-refractivity contribution in [1.82, 2.24) is 0 Å². The number of carbonyl (C=O) groups is 1. The molecule has 2 unspecified atom stereocenters. The Balaban J connectivity index is 2.75. The summed E-state index contributed by atoms with van der Waals surface area (Å²) < 4.78 is 31.5. The topological polar surface area (TPSA) is 52.3 Å². The molecule has 0 bridgehead atoms. The fraction of sp³-hybridized carbons (Fsp3) is 0.500. The summed E-state index contributed by atoms with van der Waals surface area (Å²) in [5, 5.41) is 0.193. The van der Waals surface area contributed by atoms with E-state index in [0.29, 0.717) is 6.42 Å². The maximum Gasteiger partial charge on any atom is 0.308 e. The molecule has 1 aromatic carbocycles. The molecule has 0 saturated carbocycles. The molecule has 112 valence electrons. The summed E-state index contributed by atoms with van der Waals surface area (Å²) >= 11 is 5.92. The van der Waals surface area contributed by atoms with E-state index in [1.54, 1.807) is 6.92 Å². The van der Waals surface area contributed by atoms with Gasteiger partial charge in [-0.3, -0.25) is 4.79 Å². The van der Waals surface area contributed by atoms with E-state index < -0.39 is 24.1 Å².